The summed E-state index contributed by atoms with van der Waals surface area (Å²) < 4.78 is 6.97. The Bertz CT molecular complexity index is 1280. The third-order valence-electron chi connectivity index (χ3n) is 7.07. The summed E-state index contributed by atoms with van der Waals surface area (Å²) in [6.45, 7) is 0. The molecular weight excluding hydrogens is 446 g/mol. The van der Waals surface area contributed by atoms with Crippen molar-refractivity contribution in [2.45, 2.75) is 43.9 Å². The van der Waals surface area contributed by atoms with E-state index in [0.29, 0.717) is 16.7 Å². The van der Waals surface area contributed by atoms with Gasteiger partial charge in [0.15, 0.2) is 5.11 Å². The van der Waals surface area contributed by atoms with Crippen molar-refractivity contribution in [3.05, 3.63) is 70.0 Å². The molecule has 7 nitrogen and oxygen atoms in total. The molecular formula is C26H29N5O2S. The Morgan fingerprint density at radius 2 is 1.82 bits per heavy atom. The summed E-state index contributed by atoms with van der Waals surface area (Å²) in [5, 5.41) is 3.28. The van der Waals surface area contributed by atoms with Gasteiger partial charge in [0.2, 0.25) is 5.95 Å². The summed E-state index contributed by atoms with van der Waals surface area (Å²) in [7, 11) is 3.36. The van der Waals surface area contributed by atoms with Crippen LogP contribution in [0.4, 0.5) is 5.95 Å². The van der Waals surface area contributed by atoms with Gasteiger partial charge in [-0.05, 0) is 61.3 Å². The van der Waals surface area contributed by atoms with E-state index in [-0.39, 0.29) is 11.0 Å². The van der Waals surface area contributed by atoms with Crippen molar-refractivity contribution in [1.29, 1.82) is 0 Å². The zero-order valence-corrected chi connectivity index (χ0v) is 20.3. The van der Waals surface area contributed by atoms with Crippen LogP contribution in [0.15, 0.2) is 53.3 Å². The van der Waals surface area contributed by atoms with E-state index in [2.05, 4.69) is 34.4 Å². The van der Waals surface area contributed by atoms with E-state index in [9.17, 15) is 4.79 Å². The van der Waals surface area contributed by atoms with E-state index in [1.165, 1.54) is 12.0 Å². The molecule has 0 saturated heterocycles. The van der Waals surface area contributed by atoms with E-state index < -0.39 is 0 Å². The molecule has 1 heterocycles. The van der Waals surface area contributed by atoms with E-state index >= 15 is 0 Å². The Morgan fingerprint density at radius 1 is 1.09 bits per heavy atom. The predicted octanol–water partition coefficient (Wildman–Crippen LogP) is 4.09. The molecule has 1 spiro atoms. The number of aromatic nitrogens is 2. The Labute approximate surface area is 204 Å². The summed E-state index contributed by atoms with van der Waals surface area (Å²) in [6.07, 6.45) is 6.35. The van der Waals surface area contributed by atoms with Gasteiger partial charge in [0.25, 0.3) is 5.56 Å². The van der Waals surface area contributed by atoms with Gasteiger partial charge >= 0.3 is 0 Å². The van der Waals surface area contributed by atoms with Crippen LogP contribution in [-0.2, 0) is 11.8 Å². The summed E-state index contributed by atoms with van der Waals surface area (Å²) >= 11 is 5.24. The normalized spacial score (nSPS) is 15.7. The highest BCUT2D eigenvalue weighted by molar-refractivity contribution is 7.80. The number of nitrogens with zero attached hydrogens (tertiary/aromatic N) is 2. The first-order chi connectivity index (χ1) is 16.6. The highest BCUT2D eigenvalue weighted by Gasteiger charge is 2.43. The molecule has 2 aliphatic rings. The van der Waals surface area contributed by atoms with Crippen LogP contribution in [-0.4, -0.2) is 28.8 Å². The first kappa shape index (κ1) is 22.4. The van der Waals surface area contributed by atoms with Gasteiger partial charge in [-0.1, -0.05) is 43.5 Å². The molecule has 5 rings (SSSR count). The molecule has 1 saturated carbocycles. The van der Waals surface area contributed by atoms with E-state index in [4.69, 9.17) is 21.9 Å². The third-order valence-corrected chi connectivity index (χ3v) is 7.38. The van der Waals surface area contributed by atoms with E-state index in [0.717, 1.165) is 54.7 Å². The number of benzene rings is 2. The molecule has 8 heteroatoms. The quantitative estimate of drug-likeness (QED) is 0.387. The average Bonchev–Trinajstić information content (AvgIpc) is 2.87. The van der Waals surface area contributed by atoms with Crippen molar-refractivity contribution < 1.29 is 4.74 Å². The van der Waals surface area contributed by atoms with Crippen molar-refractivity contribution in [2.75, 3.05) is 19.6 Å². The zero-order chi connectivity index (χ0) is 23.7. The lowest BCUT2D eigenvalue weighted by atomic mass is 9.62. The maximum atomic E-state index is 14.4. The third kappa shape index (κ3) is 3.81. The highest BCUT2D eigenvalue weighted by Crippen LogP contribution is 2.48. The molecule has 0 unspecified atom stereocenters. The van der Waals surface area contributed by atoms with Crippen LogP contribution in [0.3, 0.4) is 0 Å². The van der Waals surface area contributed by atoms with Gasteiger partial charge in [0.1, 0.15) is 5.75 Å². The number of methoxy groups -OCH3 is 1. The Hall–Kier alpha value is -3.39. The van der Waals surface area contributed by atoms with Gasteiger partial charge in [0.05, 0.1) is 24.1 Å². The van der Waals surface area contributed by atoms with Crippen LogP contribution < -0.4 is 26.5 Å². The molecule has 2 aromatic carbocycles. The number of anilines is 1. The van der Waals surface area contributed by atoms with Gasteiger partial charge in [-0.15, -0.1) is 0 Å². The topological polar surface area (TPSA) is 80.2 Å². The lowest BCUT2D eigenvalue weighted by molar-refractivity contribution is 0.284. The predicted molar refractivity (Wildman–Crippen MR) is 139 cm³/mol. The van der Waals surface area contributed by atoms with Crippen molar-refractivity contribution in [1.82, 2.24) is 20.3 Å². The monoisotopic (exact) mass is 475 g/mol. The Balaban J connectivity index is 1.77. The molecule has 34 heavy (non-hydrogen) atoms. The molecule has 0 amide bonds. The molecule has 1 fully saturated rings. The number of hydrazine groups is 1. The molecule has 3 N–H and O–H groups in total. The number of rotatable bonds is 4. The SMILES string of the molecule is CNC(=S)NNc1nc2c(c(=O)n1-c1ccc(OC)cc1)C1(CCCCC1)Cc1ccccc1-2. The maximum absolute atomic E-state index is 14.4. The highest BCUT2D eigenvalue weighted by atomic mass is 32.1. The molecule has 0 aliphatic heterocycles. The molecule has 0 bridgehead atoms. The largest absolute Gasteiger partial charge is 0.497 e. The van der Waals surface area contributed by atoms with Crippen LogP contribution in [0.5, 0.6) is 5.75 Å². The van der Waals surface area contributed by atoms with Gasteiger partial charge in [0, 0.05) is 18.0 Å². The smallest absolute Gasteiger partial charge is 0.263 e. The Morgan fingerprint density at radius 3 is 2.53 bits per heavy atom. The summed E-state index contributed by atoms with van der Waals surface area (Å²) in [5.74, 6) is 1.11. The average molecular weight is 476 g/mol. The first-order valence-electron chi connectivity index (χ1n) is 11.7. The Kier molecular flexibility index (Phi) is 6.00. The van der Waals surface area contributed by atoms with Gasteiger partial charge in [-0.3, -0.25) is 15.6 Å². The van der Waals surface area contributed by atoms with Crippen molar-refractivity contribution >= 4 is 23.3 Å². The molecule has 0 radical (unpaired) electrons. The zero-order valence-electron chi connectivity index (χ0n) is 19.5. The molecule has 1 aromatic heterocycles. The molecule has 3 aromatic rings. The van der Waals surface area contributed by atoms with E-state index in [1.54, 1.807) is 18.7 Å². The fourth-order valence-corrected chi connectivity index (χ4v) is 5.49. The van der Waals surface area contributed by atoms with Gasteiger partial charge in [-0.2, -0.15) is 0 Å². The van der Waals surface area contributed by atoms with Crippen molar-refractivity contribution in [3.63, 3.8) is 0 Å². The van der Waals surface area contributed by atoms with Crippen LogP contribution in [0.1, 0.15) is 43.2 Å². The van der Waals surface area contributed by atoms with Crippen LogP contribution in [0, 0.1) is 0 Å². The lowest BCUT2D eigenvalue weighted by Gasteiger charge is -2.42. The molecule has 2 aliphatic carbocycles. The minimum atomic E-state index is -0.188. The van der Waals surface area contributed by atoms with Crippen molar-refractivity contribution in [3.8, 4) is 22.7 Å². The second kappa shape index (κ2) is 9.10. The summed E-state index contributed by atoms with van der Waals surface area (Å²) in [5.41, 5.74) is 10.4. The minimum Gasteiger partial charge on any atom is -0.497 e. The number of fused-ring (bicyclic) bond motifs is 4. The molecule has 0 atom stereocenters. The van der Waals surface area contributed by atoms with Crippen LogP contribution in [0.25, 0.3) is 16.9 Å². The second-order valence-electron chi connectivity index (χ2n) is 9.00. The van der Waals surface area contributed by atoms with Crippen molar-refractivity contribution in [2.24, 2.45) is 0 Å². The number of nitrogens with one attached hydrogen (secondary N) is 3. The summed E-state index contributed by atoms with van der Waals surface area (Å²) in [6, 6.07) is 15.8. The number of hydrogen-bond donors (Lipinski definition) is 3. The maximum Gasteiger partial charge on any atom is 0.263 e. The minimum absolute atomic E-state index is 0.0359. The van der Waals surface area contributed by atoms with Crippen LogP contribution >= 0.6 is 12.2 Å². The number of thiocarbonyl (C=S) groups is 1. The first-order valence-corrected chi connectivity index (χ1v) is 12.1. The van der Waals surface area contributed by atoms with Gasteiger partial charge in [-0.25, -0.2) is 9.55 Å². The fourth-order valence-electron chi connectivity index (χ4n) is 5.44. The molecule has 176 valence electrons. The van der Waals surface area contributed by atoms with Gasteiger partial charge < -0.3 is 10.1 Å². The summed E-state index contributed by atoms with van der Waals surface area (Å²) in [4.78, 5) is 19.4. The fraction of sp³-hybridized carbons (Fsp3) is 0.346. The van der Waals surface area contributed by atoms with E-state index in [1.807, 2.05) is 30.3 Å². The lowest BCUT2D eigenvalue weighted by Crippen LogP contribution is -2.44. The van der Waals surface area contributed by atoms with Crippen LogP contribution in [0.2, 0.25) is 0 Å². The number of ether oxygens (including phenoxy) is 1. The second-order valence-corrected chi connectivity index (χ2v) is 9.41. The number of hydrogen-bond acceptors (Lipinski definition) is 5. The standard InChI is InChI=1S/C26H29N5O2S/c1-27-25(34)30-29-24-28-22-20-9-5-4-8-17(20)16-26(14-6-3-7-15-26)21(22)23(32)31(24)18-10-12-19(33-2)13-11-18/h4-5,8-13H,3,6-7,14-16H2,1-2H3,(H,28,29)(H2,27,30,34).